The molecule has 3 aromatic rings. The van der Waals surface area contributed by atoms with Gasteiger partial charge in [-0.05, 0) is 43.4 Å². The smallest absolute Gasteiger partial charge is 0.263 e. The normalized spacial score (nSPS) is 11.2. The third kappa shape index (κ3) is 4.71. The molecule has 1 amide bonds. The lowest BCUT2D eigenvalue weighted by molar-refractivity contribution is 0.0980. The van der Waals surface area contributed by atoms with E-state index in [4.69, 9.17) is 4.74 Å². The lowest BCUT2D eigenvalue weighted by atomic mass is 10.2. The number of hydrogen-bond acceptors (Lipinski definition) is 5. The zero-order valence-corrected chi connectivity index (χ0v) is 17.4. The first-order valence-electron chi connectivity index (χ1n) is 9.40. The highest BCUT2D eigenvalue weighted by Crippen LogP contribution is 2.32. The number of nitrogens with zero attached hydrogens (tertiary/aromatic N) is 3. The van der Waals surface area contributed by atoms with Crippen molar-refractivity contribution >= 4 is 32.6 Å². The highest BCUT2D eigenvalue weighted by atomic mass is 32.1. The van der Waals surface area contributed by atoms with Crippen LogP contribution in [0.25, 0.3) is 10.2 Å². The van der Waals surface area contributed by atoms with Gasteiger partial charge in [0, 0.05) is 19.2 Å². The van der Waals surface area contributed by atoms with E-state index in [1.807, 2.05) is 26.0 Å². The summed E-state index contributed by atoms with van der Waals surface area (Å²) in [5.74, 6) is -1.45. The summed E-state index contributed by atoms with van der Waals surface area (Å²) in [7, 11) is 1.58. The Morgan fingerprint density at radius 1 is 1.10 bits per heavy atom. The summed E-state index contributed by atoms with van der Waals surface area (Å²) in [5, 5.41) is 0.467. The van der Waals surface area contributed by atoms with Gasteiger partial charge in [0.1, 0.15) is 17.4 Å². The topological polar surface area (TPSA) is 45.7 Å². The van der Waals surface area contributed by atoms with Crippen molar-refractivity contribution in [1.29, 1.82) is 0 Å². The fourth-order valence-corrected chi connectivity index (χ4v) is 4.03. The van der Waals surface area contributed by atoms with Gasteiger partial charge in [-0.25, -0.2) is 13.8 Å². The minimum absolute atomic E-state index is 0.178. The van der Waals surface area contributed by atoms with Gasteiger partial charge in [0.2, 0.25) is 0 Å². The van der Waals surface area contributed by atoms with Crippen molar-refractivity contribution in [1.82, 2.24) is 9.88 Å². The molecular formula is C21H23F2N3O2S. The summed E-state index contributed by atoms with van der Waals surface area (Å²) < 4.78 is 33.7. The van der Waals surface area contributed by atoms with Crippen molar-refractivity contribution in [3.63, 3.8) is 0 Å². The summed E-state index contributed by atoms with van der Waals surface area (Å²) in [6.07, 6.45) is 0. The van der Waals surface area contributed by atoms with E-state index >= 15 is 0 Å². The first kappa shape index (κ1) is 21.1. The zero-order chi connectivity index (χ0) is 21.0. The summed E-state index contributed by atoms with van der Waals surface area (Å²) in [5.41, 5.74) is 0.550. The third-order valence-electron chi connectivity index (χ3n) is 4.76. The minimum Gasteiger partial charge on any atom is -0.497 e. The largest absolute Gasteiger partial charge is 0.497 e. The van der Waals surface area contributed by atoms with Gasteiger partial charge < -0.3 is 9.64 Å². The van der Waals surface area contributed by atoms with Crippen LogP contribution in [0, 0.1) is 11.6 Å². The molecule has 0 spiro atoms. The van der Waals surface area contributed by atoms with Gasteiger partial charge in [0.05, 0.1) is 22.9 Å². The van der Waals surface area contributed by atoms with Crippen LogP contribution >= 0.6 is 11.3 Å². The fraction of sp³-hybridized carbons (Fsp3) is 0.333. The van der Waals surface area contributed by atoms with Crippen LogP contribution in [0.4, 0.5) is 13.9 Å². The second-order valence-corrected chi connectivity index (χ2v) is 7.45. The van der Waals surface area contributed by atoms with Crippen molar-refractivity contribution in [3.8, 4) is 5.75 Å². The van der Waals surface area contributed by atoms with Crippen molar-refractivity contribution in [3.05, 3.63) is 53.6 Å². The number of aromatic nitrogens is 1. The molecule has 0 saturated heterocycles. The van der Waals surface area contributed by atoms with Crippen LogP contribution in [0.2, 0.25) is 0 Å². The Morgan fingerprint density at radius 2 is 1.86 bits per heavy atom. The number of hydrogen-bond donors (Lipinski definition) is 0. The molecule has 5 nitrogen and oxygen atoms in total. The summed E-state index contributed by atoms with van der Waals surface area (Å²) in [6, 6.07) is 8.45. The molecule has 0 N–H and O–H groups in total. The standard InChI is InChI=1S/C21H23F2N3O2S/c1-4-25(5-2)10-11-26(20(27)16-8-6-14(22)12-17(16)23)21-24-18-9-7-15(28-3)13-19(18)29-21/h6-9,12-13H,4-5,10-11H2,1-3H3. The zero-order valence-electron chi connectivity index (χ0n) is 16.6. The van der Waals surface area contributed by atoms with E-state index in [9.17, 15) is 13.6 Å². The maximum atomic E-state index is 14.3. The molecule has 3 rings (SSSR count). The number of amides is 1. The molecule has 0 aliphatic heterocycles. The number of fused-ring (bicyclic) bond motifs is 1. The molecule has 0 radical (unpaired) electrons. The fourth-order valence-electron chi connectivity index (χ4n) is 3.01. The molecule has 8 heteroatoms. The summed E-state index contributed by atoms with van der Waals surface area (Å²) in [4.78, 5) is 21.3. The molecule has 0 aliphatic carbocycles. The van der Waals surface area contributed by atoms with Crippen LogP contribution in [-0.4, -0.2) is 49.1 Å². The van der Waals surface area contributed by atoms with E-state index in [-0.39, 0.29) is 5.56 Å². The van der Waals surface area contributed by atoms with Crippen LogP contribution in [-0.2, 0) is 0 Å². The SMILES string of the molecule is CCN(CC)CCN(C(=O)c1ccc(F)cc1F)c1nc2ccc(OC)cc2s1. The Kier molecular flexibility index (Phi) is 6.76. The Bertz CT molecular complexity index is 1000. The number of ether oxygens (including phenoxy) is 1. The molecule has 154 valence electrons. The Balaban J connectivity index is 1.99. The molecule has 0 bridgehead atoms. The second-order valence-electron chi connectivity index (χ2n) is 6.44. The maximum absolute atomic E-state index is 14.3. The third-order valence-corrected chi connectivity index (χ3v) is 5.80. The van der Waals surface area contributed by atoms with E-state index < -0.39 is 17.5 Å². The van der Waals surface area contributed by atoms with Crippen LogP contribution in [0.15, 0.2) is 36.4 Å². The lowest BCUT2D eigenvalue weighted by Crippen LogP contribution is -2.39. The monoisotopic (exact) mass is 419 g/mol. The molecule has 29 heavy (non-hydrogen) atoms. The van der Waals surface area contributed by atoms with Gasteiger partial charge in [-0.1, -0.05) is 25.2 Å². The minimum atomic E-state index is -0.884. The van der Waals surface area contributed by atoms with E-state index in [1.165, 1.54) is 22.3 Å². The van der Waals surface area contributed by atoms with Crippen molar-refractivity contribution < 1.29 is 18.3 Å². The van der Waals surface area contributed by atoms with E-state index in [0.29, 0.717) is 24.0 Å². The van der Waals surface area contributed by atoms with Crippen LogP contribution in [0.3, 0.4) is 0 Å². The number of methoxy groups -OCH3 is 1. The molecule has 0 fully saturated rings. The summed E-state index contributed by atoms with van der Waals surface area (Å²) >= 11 is 1.33. The van der Waals surface area contributed by atoms with Crippen molar-refractivity contribution in [2.45, 2.75) is 13.8 Å². The number of halogens is 2. The summed E-state index contributed by atoms with van der Waals surface area (Å²) in [6.45, 7) is 6.70. The maximum Gasteiger partial charge on any atom is 0.263 e. The van der Waals surface area contributed by atoms with Crippen LogP contribution in [0.5, 0.6) is 5.75 Å². The first-order valence-corrected chi connectivity index (χ1v) is 10.2. The van der Waals surface area contributed by atoms with Gasteiger partial charge in [-0.3, -0.25) is 9.69 Å². The molecule has 0 aliphatic rings. The van der Waals surface area contributed by atoms with Gasteiger partial charge >= 0.3 is 0 Å². The van der Waals surface area contributed by atoms with E-state index in [1.54, 1.807) is 13.2 Å². The Labute approximate surface area is 172 Å². The predicted octanol–water partition coefficient (Wildman–Crippen LogP) is 4.57. The van der Waals surface area contributed by atoms with Gasteiger partial charge in [-0.15, -0.1) is 0 Å². The molecule has 0 saturated carbocycles. The van der Waals surface area contributed by atoms with Crippen molar-refractivity contribution in [2.24, 2.45) is 0 Å². The second kappa shape index (κ2) is 9.28. The number of carbonyl (C=O) groups is 1. The number of rotatable bonds is 8. The quantitative estimate of drug-likeness (QED) is 0.537. The van der Waals surface area contributed by atoms with Crippen molar-refractivity contribution in [2.75, 3.05) is 38.2 Å². The Hall–Kier alpha value is -2.58. The number of thiazole rings is 1. The lowest BCUT2D eigenvalue weighted by Gasteiger charge is -2.24. The Morgan fingerprint density at radius 3 is 2.52 bits per heavy atom. The number of anilines is 1. The van der Waals surface area contributed by atoms with Gasteiger partial charge in [-0.2, -0.15) is 0 Å². The average Bonchev–Trinajstić information content (AvgIpc) is 3.13. The van der Waals surface area contributed by atoms with E-state index in [0.717, 1.165) is 35.4 Å². The molecule has 2 aromatic carbocycles. The first-order chi connectivity index (χ1) is 14.0. The number of carbonyl (C=O) groups excluding carboxylic acids is 1. The molecule has 0 atom stereocenters. The highest BCUT2D eigenvalue weighted by molar-refractivity contribution is 7.22. The number of likely N-dealkylation sites (N-methyl/N-ethyl adjacent to an activating group) is 1. The van der Waals surface area contributed by atoms with Gasteiger partial charge in [0.15, 0.2) is 5.13 Å². The van der Waals surface area contributed by atoms with Crippen LogP contribution in [0.1, 0.15) is 24.2 Å². The average molecular weight is 419 g/mol. The number of benzene rings is 2. The predicted molar refractivity (Wildman–Crippen MR) is 112 cm³/mol. The highest BCUT2D eigenvalue weighted by Gasteiger charge is 2.24. The molecule has 1 heterocycles. The van der Waals surface area contributed by atoms with Crippen LogP contribution < -0.4 is 9.64 Å². The molecule has 1 aromatic heterocycles. The molecular weight excluding hydrogens is 396 g/mol. The van der Waals surface area contributed by atoms with Gasteiger partial charge in [0.25, 0.3) is 5.91 Å². The van der Waals surface area contributed by atoms with E-state index in [2.05, 4.69) is 9.88 Å². The molecule has 0 unspecified atom stereocenters.